The van der Waals surface area contributed by atoms with Crippen LogP contribution in [0.3, 0.4) is 0 Å². The number of Topliss-reactive ketones (excluding diaryl/α,β-unsaturated/α-hetero) is 1. The number of ether oxygens (including phenoxy) is 3. The number of hydrogen-bond acceptors (Lipinski definition) is 10. The molecule has 2 aliphatic carbocycles. The summed E-state index contributed by atoms with van der Waals surface area (Å²) in [6, 6.07) is 4.83. The smallest absolute Gasteiger partial charge is 0.307 e. The van der Waals surface area contributed by atoms with E-state index in [-0.39, 0.29) is 43.4 Å². The maximum Gasteiger partial charge on any atom is 0.307 e. The number of sulfonamides is 1. The molecule has 2 aromatic rings. The fourth-order valence-corrected chi connectivity index (χ4v) is 10.6. The Bertz CT molecular complexity index is 2000. The van der Waals surface area contributed by atoms with Gasteiger partial charge in [0.1, 0.15) is 22.7 Å². The van der Waals surface area contributed by atoms with Crippen LogP contribution >= 0.6 is 0 Å². The van der Waals surface area contributed by atoms with Crippen LogP contribution in [0.5, 0.6) is 11.5 Å². The van der Waals surface area contributed by atoms with E-state index in [1.54, 1.807) is 39.7 Å². The molecule has 5 atom stereocenters. The lowest BCUT2D eigenvalue weighted by Gasteiger charge is -2.36. The molecule has 13 heteroatoms. The van der Waals surface area contributed by atoms with Crippen molar-refractivity contribution in [2.75, 3.05) is 13.7 Å². The van der Waals surface area contributed by atoms with Crippen LogP contribution in [-0.2, 0) is 40.4 Å². The van der Waals surface area contributed by atoms with Crippen LogP contribution in [-0.4, -0.2) is 77.5 Å². The van der Waals surface area contributed by atoms with Crippen molar-refractivity contribution in [2.24, 2.45) is 17.3 Å². The van der Waals surface area contributed by atoms with Crippen molar-refractivity contribution < 1.29 is 41.8 Å². The Hall–Kier alpha value is -3.74. The van der Waals surface area contributed by atoms with Gasteiger partial charge in [0.25, 0.3) is 0 Å². The van der Waals surface area contributed by atoms with Gasteiger partial charge in [0.15, 0.2) is 5.78 Å². The van der Waals surface area contributed by atoms with Crippen LogP contribution in [0, 0.1) is 24.2 Å². The monoisotopic (exact) mass is 779 g/mol. The molecule has 55 heavy (non-hydrogen) atoms. The first-order valence-electron chi connectivity index (χ1n) is 20.2. The number of carbonyl (C=O) groups excluding carboxylic acids is 4. The molecule has 4 heterocycles. The molecule has 3 aliphatic heterocycles. The van der Waals surface area contributed by atoms with E-state index in [0.717, 1.165) is 55.0 Å². The summed E-state index contributed by atoms with van der Waals surface area (Å²) in [6.07, 6.45) is 8.03. The number of aromatic nitrogens is 1. The van der Waals surface area contributed by atoms with Crippen molar-refractivity contribution >= 4 is 44.5 Å². The van der Waals surface area contributed by atoms with E-state index in [9.17, 15) is 27.6 Å². The number of benzene rings is 1. The Morgan fingerprint density at radius 3 is 2.44 bits per heavy atom. The van der Waals surface area contributed by atoms with Crippen molar-refractivity contribution in [2.45, 2.75) is 153 Å². The third-order valence-corrected chi connectivity index (χ3v) is 15.1. The van der Waals surface area contributed by atoms with Crippen LogP contribution in [0.1, 0.15) is 129 Å². The molecule has 5 aliphatic rings. The fourth-order valence-electron chi connectivity index (χ4n) is 9.28. The van der Waals surface area contributed by atoms with Gasteiger partial charge in [0, 0.05) is 29.7 Å². The van der Waals surface area contributed by atoms with Gasteiger partial charge >= 0.3 is 5.97 Å². The number of nitrogens with zero attached hydrogens (tertiary/aromatic N) is 2. The van der Waals surface area contributed by atoms with E-state index in [1.807, 2.05) is 25.1 Å². The maximum absolute atomic E-state index is 14.8. The summed E-state index contributed by atoms with van der Waals surface area (Å²) in [5, 5.41) is 0.926. The zero-order chi connectivity index (χ0) is 39.6. The molecule has 0 radical (unpaired) electrons. The van der Waals surface area contributed by atoms with E-state index in [4.69, 9.17) is 19.2 Å². The minimum Gasteiger partial charge on any atom is -0.497 e. The van der Waals surface area contributed by atoms with Gasteiger partial charge in [0.2, 0.25) is 21.8 Å². The number of rotatable bonds is 6. The predicted octanol–water partition coefficient (Wildman–Crippen LogP) is 6.27. The second-order valence-corrected chi connectivity index (χ2v) is 20.5. The normalized spacial score (nSPS) is 29.6. The summed E-state index contributed by atoms with van der Waals surface area (Å²) in [7, 11) is -2.30. The van der Waals surface area contributed by atoms with Crippen LogP contribution in [0.4, 0.5) is 0 Å². The molecule has 7 rings (SSSR count). The summed E-state index contributed by atoms with van der Waals surface area (Å²) < 4.78 is 46.1. The number of nitrogens with one attached hydrogen (secondary N) is 1. The summed E-state index contributed by atoms with van der Waals surface area (Å²) in [5.41, 5.74) is -0.260. The third kappa shape index (κ3) is 7.83. The number of fused-ring (bicyclic) bond motifs is 5. The highest BCUT2D eigenvalue weighted by atomic mass is 32.2. The lowest BCUT2D eigenvalue weighted by atomic mass is 9.85. The van der Waals surface area contributed by atoms with Crippen molar-refractivity contribution in [3.8, 4) is 11.5 Å². The molecule has 0 unspecified atom stereocenters. The fraction of sp³-hybridized carbons (Fsp3) is 0.690. The summed E-state index contributed by atoms with van der Waals surface area (Å²) in [5.74, 6) is -1.13. The molecule has 0 bridgehead atoms. The highest BCUT2D eigenvalue weighted by Crippen LogP contribution is 2.59. The quantitative estimate of drug-likeness (QED) is 0.331. The number of hydrogen-bond donors (Lipinski definition) is 1. The molecule has 1 spiro atoms. The first kappa shape index (κ1) is 39.5. The third-order valence-electron chi connectivity index (χ3n) is 12.9. The SMILES string of the molecule is COc1ccc2nc(C)c3c(c2c1)CC[C@]1(C[C@H]2C(=O)C[C@]4(C(=O)NS(=O)(=O)C5(C)CC5)C[C@H]4CCCCCCC[C@H](CC(=O)OC(C)(C)C)C(=O)N2C1)O3. The molecule has 1 N–H and O–H groups in total. The molecule has 12 nitrogen and oxygen atoms in total. The Morgan fingerprint density at radius 1 is 1.04 bits per heavy atom. The van der Waals surface area contributed by atoms with E-state index in [2.05, 4.69) is 4.72 Å². The van der Waals surface area contributed by atoms with Crippen molar-refractivity contribution in [3.05, 3.63) is 29.5 Å². The van der Waals surface area contributed by atoms with Gasteiger partial charge in [-0.05, 0) is 104 Å². The van der Waals surface area contributed by atoms with E-state index < -0.39 is 55.2 Å². The van der Waals surface area contributed by atoms with Crippen LogP contribution in [0.15, 0.2) is 18.2 Å². The molecule has 2 amide bonds. The van der Waals surface area contributed by atoms with Crippen molar-refractivity contribution in [1.82, 2.24) is 14.6 Å². The van der Waals surface area contributed by atoms with Crippen molar-refractivity contribution in [3.63, 3.8) is 0 Å². The standard InChI is InChI=1S/C42H57N3O9S/c1-26-36-30(31-21-29(52-6)14-15-32(31)43-26)16-17-41(54-36)23-33-34(46)24-42(38(49)44-55(50,51)40(5)18-19-40)22-28(42)13-11-9-7-8-10-12-27(37(48)45(33)25-41)20-35(47)53-39(2,3)4/h14-15,21,27-28,33H,7-13,16-20,22-25H2,1-6H3,(H,44,49)/t27-,28-,33+,41-,42-/m1/s1. The van der Waals surface area contributed by atoms with Gasteiger partial charge in [-0.3, -0.25) is 23.9 Å². The number of esters is 1. The van der Waals surface area contributed by atoms with Crippen molar-refractivity contribution in [1.29, 1.82) is 0 Å². The second kappa shape index (κ2) is 14.3. The van der Waals surface area contributed by atoms with Crippen LogP contribution in [0.25, 0.3) is 10.9 Å². The van der Waals surface area contributed by atoms with E-state index in [1.165, 1.54) is 0 Å². The highest BCUT2D eigenvalue weighted by Gasteiger charge is 2.64. The van der Waals surface area contributed by atoms with Gasteiger partial charge in [-0.15, -0.1) is 0 Å². The van der Waals surface area contributed by atoms with Crippen LogP contribution < -0.4 is 14.2 Å². The molecule has 4 fully saturated rings. The Labute approximate surface area is 324 Å². The van der Waals surface area contributed by atoms with Gasteiger partial charge < -0.3 is 19.1 Å². The summed E-state index contributed by atoms with van der Waals surface area (Å²) in [6.45, 7) is 9.06. The largest absolute Gasteiger partial charge is 0.497 e. The molecule has 2 saturated heterocycles. The molecule has 2 saturated carbocycles. The van der Waals surface area contributed by atoms with E-state index in [0.29, 0.717) is 55.7 Å². The van der Waals surface area contributed by atoms with Gasteiger partial charge in [-0.25, -0.2) is 13.4 Å². The average Bonchev–Trinajstić information content (AvgIpc) is 4.01. The lowest BCUT2D eigenvalue weighted by Crippen LogP contribution is -2.48. The molecular weight excluding hydrogens is 723 g/mol. The minimum atomic E-state index is -3.92. The predicted molar refractivity (Wildman–Crippen MR) is 206 cm³/mol. The number of methoxy groups -OCH3 is 1. The lowest BCUT2D eigenvalue weighted by molar-refractivity contribution is -0.159. The highest BCUT2D eigenvalue weighted by molar-refractivity contribution is 7.91. The Morgan fingerprint density at radius 2 is 1.75 bits per heavy atom. The summed E-state index contributed by atoms with van der Waals surface area (Å²) in [4.78, 5) is 63.4. The molecule has 300 valence electrons. The summed E-state index contributed by atoms with van der Waals surface area (Å²) >= 11 is 0. The topological polar surface area (TPSA) is 158 Å². The molecule has 1 aromatic heterocycles. The Balaban J connectivity index is 1.23. The van der Waals surface area contributed by atoms with Gasteiger partial charge in [-0.2, -0.15) is 0 Å². The van der Waals surface area contributed by atoms with Gasteiger partial charge in [0.05, 0.1) is 47.5 Å². The molecular formula is C42H57N3O9S. The minimum absolute atomic E-state index is 0.105. The first-order chi connectivity index (χ1) is 25.9. The zero-order valence-corrected chi connectivity index (χ0v) is 34.1. The molecule has 1 aromatic carbocycles. The average molecular weight is 780 g/mol. The number of carbonyl (C=O) groups is 4. The van der Waals surface area contributed by atoms with E-state index >= 15 is 0 Å². The number of aryl methyl sites for hydroxylation is 2. The Kier molecular flexibility index (Phi) is 10.3. The zero-order valence-electron chi connectivity index (χ0n) is 33.3. The second-order valence-electron chi connectivity index (χ2n) is 18.3. The number of amides is 2. The number of ketones is 1. The van der Waals surface area contributed by atoms with Crippen LogP contribution in [0.2, 0.25) is 0 Å². The number of pyridine rings is 1. The van der Waals surface area contributed by atoms with Gasteiger partial charge in [-0.1, -0.05) is 32.1 Å². The first-order valence-corrected chi connectivity index (χ1v) is 21.6. The maximum atomic E-state index is 14.8.